The molecule has 2 N–H and O–H groups in total. The van der Waals surface area contributed by atoms with Crippen LogP contribution in [-0.4, -0.2) is 41.3 Å². The van der Waals surface area contributed by atoms with Crippen molar-refractivity contribution >= 4 is 11.8 Å². The number of aryl methyl sites for hydroxylation is 1. The molecule has 0 aliphatic heterocycles. The predicted molar refractivity (Wildman–Crippen MR) is 117 cm³/mol. The SMILES string of the molecule is CCCCC[C@H](O)/C=C/[C@@H]1[C@H](O)CC(=O)[C@@H]1Cc1ccccc1CCCC(=O)OC. The molecule has 30 heavy (non-hydrogen) atoms. The van der Waals surface area contributed by atoms with E-state index < -0.39 is 12.2 Å². The highest BCUT2D eigenvalue weighted by atomic mass is 16.5. The Morgan fingerprint density at radius 1 is 1.23 bits per heavy atom. The van der Waals surface area contributed by atoms with Crippen LogP contribution in [0, 0.1) is 11.8 Å². The monoisotopic (exact) mass is 416 g/mol. The molecule has 5 nitrogen and oxygen atoms in total. The molecule has 1 aliphatic rings. The number of ketones is 1. The van der Waals surface area contributed by atoms with Crippen molar-refractivity contribution in [2.24, 2.45) is 11.8 Å². The number of carbonyl (C=O) groups is 2. The smallest absolute Gasteiger partial charge is 0.305 e. The first-order valence-corrected chi connectivity index (χ1v) is 11.2. The van der Waals surface area contributed by atoms with Gasteiger partial charge in [0.15, 0.2) is 0 Å². The third-order valence-corrected chi connectivity index (χ3v) is 6.00. The zero-order valence-corrected chi connectivity index (χ0v) is 18.3. The fraction of sp³-hybridized carbons (Fsp3) is 0.600. The summed E-state index contributed by atoms with van der Waals surface area (Å²) in [6.45, 7) is 2.13. The number of rotatable bonds is 12. The van der Waals surface area contributed by atoms with Gasteiger partial charge in [-0.1, -0.05) is 62.6 Å². The number of hydrogen-bond donors (Lipinski definition) is 2. The fourth-order valence-corrected chi connectivity index (χ4v) is 4.21. The predicted octanol–water partition coefficient (Wildman–Crippen LogP) is 3.79. The molecule has 0 saturated heterocycles. The summed E-state index contributed by atoms with van der Waals surface area (Å²) in [6, 6.07) is 7.97. The van der Waals surface area contributed by atoms with Crippen LogP contribution in [0.3, 0.4) is 0 Å². The number of carbonyl (C=O) groups excluding carboxylic acids is 2. The van der Waals surface area contributed by atoms with Gasteiger partial charge in [-0.15, -0.1) is 0 Å². The van der Waals surface area contributed by atoms with Crippen molar-refractivity contribution in [1.82, 2.24) is 0 Å². The minimum atomic E-state index is -0.701. The molecule has 2 rings (SSSR count). The zero-order valence-electron chi connectivity index (χ0n) is 18.3. The molecule has 4 atom stereocenters. The summed E-state index contributed by atoms with van der Waals surface area (Å²) in [4.78, 5) is 24.0. The van der Waals surface area contributed by atoms with E-state index in [2.05, 4.69) is 6.92 Å². The normalized spacial score (nSPS) is 22.5. The average molecular weight is 417 g/mol. The maximum Gasteiger partial charge on any atom is 0.305 e. The van der Waals surface area contributed by atoms with E-state index in [0.29, 0.717) is 25.7 Å². The third kappa shape index (κ3) is 7.37. The van der Waals surface area contributed by atoms with Crippen LogP contribution in [0.25, 0.3) is 0 Å². The number of aliphatic hydroxyl groups excluding tert-OH is 2. The summed E-state index contributed by atoms with van der Waals surface area (Å²) < 4.78 is 4.70. The lowest BCUT2D eigenvalue weighted by Crippen LogP contribution is -2.21. The number of benzene rings is 1. The van der Waals surface area contributed by atoms with Crippen molar-refractivity contribution in [2.75, 3.05) is 7.11 Å². The maximum atomic E-state index is 12.6. The Hall–Kier alpha value is -1.98. The Morgan fingerprint density at radius 2 is 1.97 bits per heavy atom. The highest BCUT2D eigenvalue weighted by Gasteiger charge is 2.40. The second-order valence-electron chi connectivity index (χ2n) is 8.27. The summed E-state index contributed by atoms with van der Waals surface area (Å²) in [5.74, 6) is -0.714. The number of hydrogen-bond acceptors (Lipinski definition) is 5. The molecule has 0 heterocycles. The van der Waals surface area contributed by atoms with Gasteiger partial charge in [0, 0.05) is 24.7 Å². The molecule has 0 radical (unpaired) electrons. The van der Waals surface area contributed by atoms with E-state index in [1.807, 2.05) is 30.3 Å². The summed E-state index contributed by atoms with van der Waals surface area (Å²) in [6.07, 6.45) is 8.74. The first-order valence-electron chi connectivity index (χ1n) is 11.2. The van der Waals surface area contributed by atoms with E-state index in [0.717, 1.165) is 36.8 Å². The van der Waals surface area contributed by atoms with Crippen LogP contribution >= 0.6 is 0 Å². The second kappa shape index (κ2) is 12.7. The summed E-state index contributed by atoms with van der Waals surface area (Å²) in [5, 5.41) is 20.6. The van der Waals surface area contributed by atoms with Crippen LogP contribution in [0.1, 0.15) is 63.0 Å². The molecule has 166 valence electrons. The molecule has 0 spiro atoms. The number of Topliss-reactive ketones (excluding diaryl/α,β-unsaturated/α-hetero) is 1. The highest BCUT2D eigenvalue weighted by molar-refractivity contribution is 5.85. The Kier molecular flexibility index (Phi) is 10.2. The minimum Gasteiger partial charge on any atom is -0.469 e. The molecule has 5 heteroatoms. The van der Waals surface area contributed by atoms with Crippen molar-refractivity contribution in [1.29, 1.82) is 0 Å². The van der Waals surface area contributed by atoms with Gasteiger partial charge in [0.05, 0.1) is 19.3 Å². The van der Waals surface area contributed by atoms with E-state index in [4.69, 9.17) is 4.74 Å². The Morgan fingerprint density at radius 3 is 2.67 bits per heavy atom. The van der Waals surface area contributed by atoms with E-state index in [1.165, 1.54) is 7.11 Å². The molecule has 1 aromatic rings. The molecule has 1 fully saturated rings. The standard InChI is InChI=1S/C25H36O5/c1-3-4-5-12-20(26)14-15-21-22(24(28)17-23(21)27)16-19-10-7-6-9-18(19)11-8-13-25(29)30-2/h6-7,9-10,14-15,20-23,26-27H,3-5,8,11-13,16-17H2,1-2H3/b15-14+/t20-,21-,22+,23+/m0/s1. The van der Waals surface area contributed by atoms with Gasteiger partial charge in [-0.2, -0.15) is 0 Å². The van der Waals surface area contributed by atoms with Gasteiger partial charge in [-0.05, 0) is 36.8 Å². The van der Waals surface area contributed by atoms with Crippen LogP contribution < -0.4 is 0 Å². The third-order valence-electron chi connectivity index (χ3n) is 6.00. The molecular weight excluding hydrogens is 380 g/mol. The zero-order chi connectivity index (χ0) is 21.9. The van der Waals surface area contributed by atoms with Gasteiger partial charge in [-0.25, -0.2) is 0 Å². The van der Waals surface area contributed by atoms with Crippen LogP contribution in [0.2, 0.25) is 0 Å². The Balaban J connectivity index is 2.04. The van der Waals surface area contributed by atoms with E-state index in [1.54, 1.807) is 6.08 Å². The van der Waals surface area contributed by atoms with Gasteiger partial charge < -0.3 is 14.9 Å². The van der Waals surface area contributed by atoms with Gasteiger partial charge in [0.1, 0.15) is 5.78 Å². The molecule has 0 bridgehead atoms. The van der Waals surface area contributed by atoms with Crippen molar-refractivity contribution in [3.8, 4) is 0 Å². The highest BCUT2D eigenvalue weighted by Crippen LogP contribution is 2.34. The number of esters is 1. The summed E-state index contributed by atoms with van der Waals surface area (Å²) >= 11 is 0. The quantitative estimate of drug-likeness (QED) is 0.308. The van der Waals surface area contributed by atoms with Crippen molar-refractivity contribution < 1.29 is 24.5 Å². The minimum absolute atomic E-state index is 0.0713. The lowest BCUT2D eigenvalue weighted by Gasteiger charge is -2.20. The fourth-order valence-electron chi connectivity index (χ4n) is 4.21. The van der Waals surface area contributed by atoms with Crippen LogP contribution in [0.4, 0.5) is 0 Å². The van der Waals surface area contributed by atoms with E-state index in [-0.39, 0.29) is 30.0 Å². The maximum absolute atomic E-state index is 12.6. The molecule has 0 unspecified atom stereocenters. The van der Waals surface area contributed by atoms with E-state index in [9.17, 15) is 19.8 Å². The topological polar surface area (TPSA) is 83.8 Å². The Bertz CT molecular complexity index is 711. The Labute approximate surface area is 180 Å². The summed E-state index contributed by atoms with van der Waals surface area (Å²) in [5.41, 5.74) is 2.20. The summed E-state index contributed by atoms with van der Waals surface area (Å²) in [7, 11) is 1.39. The number of unbranched alkanes of at least 4 members (excludes halogenated alkanes) is 2. The largest absolute Gasteiger partial charge is 0.469 e. The van der Waals surface area contributed by atoms with Gasteiger partial charge >= 0.3 is 5.97 Å². The molecule has 1 aliphatic carbocycles. The van der Waals surface area contributed by atoms with Gasteiger partial charge in [0.2, 0.25) is 0 Å². The number of ether oxygens (including phenoxy) is 1. The average Bonchev–Trinajstić information content (AvgIpc) is 3.00. The molecule has 1 saturated carbocycles. The van der Waals surface area contributed by atoms with Crippen molar-refractivity contribution in [3.63, 3.8) is 0 Å². The van der Waals surface area contributed by atoms with Gasteiger partial charge in [-0.3, -0.25) is 9.59 Å². The first-order chi connectivity index (χ1) is 14.5. The first kappa shape index (κ1) is 24.3. The number of aliphatic hydroxyl groups is 2. The van der Waals surface area contributed by atoms with Crippen molar-refractivity contribution in [3.05, 3.63) is 47.5 Å². The van der Waals surface area contributed by atoms with Gasteiger partial charge in [0.25, 0.3) is 0 Å². The molecule has 0 aromatic heterocycles. The molecular formula is C25H36O5. The molecule has 1 aromatic carbocycles. The van der Waals surface area contributed by atoms with Crippen molar-refractivity contribution in [2.45, 2.75) is 76.9 Å². The second-order valence-corrected chi connectivity index (χ2v) is 8.27. The molecule has 0 amide bonds. The van der Waals surface area contributed by atoms with E-state index >= 15 is 0 Å². The van der Waals surface area contributed by atoms with Crippen LogP contribution in [-0.2, 0) is 27.2 Å². The lowest BCUT2D eigenvalue weighted by atomic mass is 9.85. The lowest BCUT2D eigenvalue weighted by molar-refractivity contribution is -0.140. The number of methoxy groups -OCH3 is 1. The van der Waals surface area contributed by atoms with Crippen LogP contribution in [0.5, 0.6) is 0 Å². The van der Waals surface area contributed by atoms with Crippen LogP contribution in [0.15, 0.2) is 36.4 Å².